The molecule has 80 heavy (non-hydrogen) atoms. The van der Waals surface area contributed by atoms with Crippen molar-refractivity contribution in [1.29, 1.82) is 10.5 Å². The highest BCUT2D eigenvalue weighted by molar-refractivity contribution is 6.00. The summed E-state index contributed by atoms with van der Waals surface area (Å²) < 4.78 is 0. The van der Waals surface area contributed by atoms with Gasteiger partial charge in [0, 0.05) is 44.3 Å². The predicted octanol–water partition coefficient (Wildman–Crippen LogP) is 19.6. The summed E-state index contributed by atoms with van der Waals surface area (Å²) in [7, 11) is 0. The van der Waals surface area contributed by atoms with Gasteiger partial charge < -0.3 is 9.97 Å². The van der Waals surface area contributed by atoms with Crippen molar-refractivity contribution in [1.82, 2.24) is 19.9 Å². The number of hydrogen-bond donors (Lipinski definition) is 2. The van der Waals surface area contributed by atoms with Crippen molar-refractivity contribution in [2.24, 2.45) is 0 Å². The molecule has 3 aromatic heterocycles. The fraction of sp³-hybridized carbons (Fsp3) is 0.216. The van der Waals surface area contributed by atoms with Crippen molar-refractivity contribution in [2.75, 3.05) is 0 Å². The molecule has 0 spiro atoms. The molecule has 0 unspecified atom stereocenters. The van der Waals surface area contributed by atoms with Gasteiger partial charge in [-0.15, -0.1) is 0 Å². The molecular formula is C74H68N6. The zero-order chi connectivity index (χ0) is 56.5. The molecule has 394 valence electrons. The Morgan fingerprint density at radius 3 is 0.750 bits per heavy atom. The number of nitrogens with one attached hydrogen (secondary N) is 2. The zero-order valence-electron chi connectivity index (χ0n) is 48.1. The van der Waals surface area contributed by atoms with E-state index in [-0.39, 0.29) is 21.7 Å². The first-order chi connectivity index (χ1) is 38.0. The number of aromatic amines is 2. The second kappa shape index (κ2) is 20.0. The van der Waals surface area contributed by atoms with Crippen LogP contribution in [0.15, 0.2) is 158 Å². The van der Waals surface area contributed by atoms with E-state index in [1.165, 1.54) is 22.3 Å². The van der Waals surface area contributed by atoms with Gasteiger partial charge in [-0.25, -0.2) is 9.97 Å². The number of benzene rings is 6. The number of fused-ring (bicyclic) bond motifs is 8. The quantitative estimate of drug-likeness (QED) is 0.173. The van der Waals surface area contributed by atoms with Crippen LogP contribution < -0.4 is 0 Å². The SMILES string of the molecule is CC(C)(C)c1cc(-c2c3nc(c(-c4cc(C(C)(C)C)cc(C(C)(C)C)c4)c4ccc([nH]4)c(-c4ccc(-c5ccc(C#N)cc5)cc4)c4nc(c(-c5ccc(-c6ccc(C#N)cc6)cc5)c5ccc2[nH]5)C=C4)C=C3)cc(C(C)(C)C)c1. The Bertz CT molecular complexity index is 3890. The average molecular weight is 1040 g/mol. The van der Waals surface area contributed by atoms with E-state index in [0.717, 1.165) is 112 Å². The summed E-state index contributed by atoms with van der Waals surface area (Å²) >= 11 is 0. The summed E-state index contributed by atoms with van der Waals surface area (Å²) in [6.45, 7) is 27.5. The monoisotopic (exact) mass is 1040 g/mol. The van der Waals surface area contributed by atoms with E-state index in [9.17, 15) is 10.5 Å². The highest BCUT2D eigenvalue weighted by Gasteiger charge is 2.26. The van der Waals surface area contributed by atoms with Gasteiger partial charge in [-0.2, -0.15) is 10.5 Å². The van der Waals surface area contributed by atoms with Crippen LogP contribution in [0.25, 0.3) is 113 Å². The molecule has 0 saturated carbocycles. The van der Waals surface area contributed by atoms with E-state index in [1.807, 2.05) is 48.5 Å². The fourth-order valence-corrected chi connectivity index (χ4v) is 10.8. The highest BCUT2D eigenvalue weighted by atomic mass is 14.8. The minimum atomic E-state index is -0.121. The van der Waals surface area contributed by atoms with Gasteiger partial charge in [0.2, 0.25) is 0 Å². The first-order valence-electron chi connectivity index (χ1n) is 27.7. The Hall–Kier alpha value is -9.10. The van der Waals surface area contributed by atoms with Crippen LogP contribution in [0, 0.1) is 22.7 Å². The molecule has 0 atom stereocenters. The maximum Gasteiger partial charge on any atom is 0.0991 e. The number of hydrogen-bond acceptors (Lipinski definition) is 4. The normalized spacial score (nSPS) is 12.6. The molecule has 11 rings (SSSR count). The Labute approximate surface area is 472 Å². The molecule has 0 fully saturated rings. The molecule has 2 aliphatic heterocycles. The van der Waals surface area contributed by atoms with Gasteiger partial charge in [0.15, 0.2) is 0 Å². The lowest BCUT2D eigenvalue weighted by Gasteiger charge is -2.26. The van der Waals surface area contributed by atoms with Crippen LogP contribution in [-0.4, -0.2) is 19.9 Å². The van der Waals surface area contributed by atoms with Crippen LogP contribution >= 0.6 is 0 Å². The van der Waals surface area contributed by atoms with Crippen LogP contribution in [0.5, 0.6) is 0 Å². The summed E-state index contributed by atoms with van der Waals surface area (Å²) in [5.74, 6) is 0. The summed E-state index contributed by atoms with van der Waals surface area (Å²) in [5, 5.41) is 19.1. The molecule has 6 nitrogen and oxygen atoms in total. The van der Waals surface area contributed by atoms with Gasteiger partial charge in [0.25, 0.3) is 0 Å². The first-order valence-corrected chi connectivity index (χ1v) is 27.7. The van der Waals surface area contributed by atoms with Gasteiger partial charge in [-0.3, -0.25) is 0 Å². The summed E-state index contributed by atoms with van der Waals surface area (Å²) in [6, 6.07) is 60.3. The lowest BCUT2D eigenvalue weighted by molar-refractivity contribution is 0.568. The maximum absolute atomic E-state index is 9.53. The molecule has 5 heterocycles. The van der Waals surface area contributed by atoms with E-state index in [1.54, 1.807) is 0 Å². The first kappa shape index (κ1) is 52.9. The molecular weight excluding hydrogens is 973 g/mol. The fourth-order valence-electron chi connectivity index (χ4n) is 10.8. The molecule has 6 heteroatoms. The number of H-pyrrole nitrogens is 2. The zero-order valence-corrected chi connectivity index (χ0v) is 48.1. The lowest BCUT2D eigenvalue weighted by Crippen LogP contribution is -2.16. The molecule has 8 bridgehead atoms. The topological polar surface area (TPSA) is 105 Å². The summed E-state index contributed by atoms with van der Waals surface area (Å²) in [4.78, 5) is 19.4. The van der Waals surface area contributed by atoms with Gasteiger partial charge in [-0.1, -0.05) is 192 Å². The third-order valence-electron chi connectivity index (χ3n) is 15.7. The Morgan fingerprint density at radius 1 is 0.287 bits per heavy atom. The number of aromatic nitrogens is 4. The Balaban J connectivity index is 1.27. The van der Waals surface area contributed by atoms with Crippen molar-refractivity contribution in [3.63, 3.8) is 0 Å². The van der Waals surface area contributed by atoms with E-state index in [0.29, 0.717) is 11.1 Å². The van der Waals surface area contributed by atoms with Crippen LogP contribution in [0.3, 0.4) is 0 Å². The number of rotatable bonds is 6. The van der Waals surface area contributed by atoms with Crippen molar-refractivity contribution in [3.05, 3.63) is 214 Å². The molecule has 2 N–H and O–H groups in total. The minimum Gasteiger partial charge on any atom is -0.354 e. The molecule has 9 aromatic rings. The van der Waals surface area contributed by atoms with Gasteiger partial charge in [0.05, 0.1) is 46.0 Å². The third kappa shape index (κ3) is 10.4. The molecule has 0 aliphatic carbocycles. The Kier molecular flexibility index (Phi) is 13.2. The average Bonchev–Trinajstić information content (AvgIpc) is 4.29. The predicted molar refractivity (Wildman–Crippen MR) is 336 cm³/mol. The third-order valence-corrected chi connectivity index (χ3v) is 15.7. The van der Waals surface area contributed by atoms with Crippen LogP contribution in [0.4, 0.5) is 0 Å². The van der Waals surface area contributed by atoms with Crippen molar-refractivity contribution in [2.45, 2.75) is 105 Å². The second-order valence-electron chi connectivity index (χ2n) is 25.6. The highest BCUT2D eigenvalue weighted by Crippen LogP contribution is 2.43. The summed E-state index contributed by atoms with van der Waals surface area (Å²) in [5.41, 5.74) is 25.3. The largest absolute Gasteiger partial charge is 0.354 e. The van der Waals surface area contributed by atoms with Crippen LogP contribution in [0.1, 0.15) is 139 Å². The Morgan fingerprint density at radius 2 is 0.512 bits per heavy atom. The van der Waals surface area contributed by atoms with Crippen molar-refractivity contribution < 1.29 is 0 Å². The second-order valence-corrected chi connectivity index (χ2v) is 25.6. The standard InChI is InChI=1S/C74H68N6/c1-71(2,3)55-37-53(38-56(41-55)72(4,5)6)69-63-33-31-61(78-63)67(51-25-21-49(22-26-51)47-17-13-45(43-75)14-18-47)59-29-30-60(77-59)68(52-27-23-50(24-28-52)48-19-15-46(44-76)16-20-48)62-32-34-64(79-62)70(66-36-35-65(69)80-66)54-39-57(73(7,8)9)42-58(40-54)74(10,11)12/h13-42,78-79H,1-12H3. The van der Waals surface area contributed by atoms with E-state index >= 15 is 0 Å². The lowest BCUT2D eigenvalue weighted by atomic mass is 9.78. The van der Waals surface area contributed by atoms with Gasteiger partial charge in [0.1, 0.15) is 0 Å². The van der Waals surface area contributed by atoms with E-state index in [2.05, 4.69) is 239 Å². The minimum absolute atomic E-state index is 0.121. The summed E-state index contributed by atoms with van der Waals surface area (Å²) in [6.07, 6.45) is 8.70. The number of nitrogens with zero attached hydrogens (tertiary/aromatic N) is 4. The molecule has 0 saturated heterocycles. The maximum atomic E-state index is 9.53. The molecule has 6 aromatic carbocycles. The molecule has 2 aliphatic rings. The van der Waals surface area contributed by atoms with Crippen LogP contribution in [0.2, 0.25) is 0 Å². The van der Waals surface area contributed by atoms with Gasteiger partial charge in [-0.05, 0) is 161 Å². The van der Waals surface area contributed by atoms with E-state index < -0.39 is 0 Å². The smallest absolute Gasteiger partial charge is 0.0991 e. The van der Waals surface area contributed by atoms with Crippen molar-refractivity contribution >= 4 is 46.4 Å². The van der Waals surface area contributed by atoms with Crippen molar-refractivity contribution in [3.8, 4) is 78.9 Å². The van der Waals surface area contributed by atoms with Gasteiger partial charge >= 0.3 is 0 Å². The van der Waals surface area contributed by atoms with Crippen LogP contribution in [-0.2, 0) is 21.7 Å². The number of nitriles is 2. The molecule has 0 amide bonds. The van der Waals surface area contributed by atoms with E-state index in [4.69, 9.17) is 9.97 Å². The molecule has 0 radical (unpaired) electrons.